The quantitative estimate of drug-likeness (QED) is 0.893. The summed E-state index contributed by atoms with van der Waals surface area (Å²) in [5.41, 5.74) is -0.102. The Balaban J connectivity index is 2.32. The number of carbonyl (C=O) groups is 1. The Morgan fingerprint density at radius 3 is 2.76 bits per heavy atom. The minimum Gasteiger partial charge on any atom is -0.350 e. The highest BCUT2D eigenvalue weighted by atomic mass is 79.9. The number of nitrogens with zero attached hydrogens (tertiary/aromatic N) is 4. The van der Waals surface area contributed by atoms with E-state index in [-0.39, 0.29) is 23.6 Å². The molecule has 1 amide bonds. The molecule has 0 unspecified atom stereocenters. The van der Waals surface area contributed by atoms with Crippen molar-refractivity contribution in [3.63, 3.8) is 0 Å². The molecular formula is C13H18BrN5O2. The van der Waals surface area contributed by atoms with Crippen molar-refractivity contribution in [3.8, 4) is 0 Å². The average Bonchev–Trinajstić information content (AvgIpc) is 2.68. The van der Waals surface area contributed by atoms with Gasteiger partial charge in [-0.05, 0) is 36.2 Å². The van der Waals surface area contributed by atoms with E-state index in [4.69, 9.17) is 0 Å². The number of halogens is 1. The van der Waals surface area contributed by atoms with Crippen molar-refractivity contribution in [2.75, 3.05) is 0 Å². The fourth-order valence-corrected chi connectivity index (χ4v) is 2.49. The van der Waals surface area contributed by atoms with Crippen LogP contribution in [0.5, 0.6) is 0 Å². The maximum absolute atomic E-state index is 12.4. The van der Waals surface area contributed by atoms with Crippen LogP contribution in [-0.4, -0.2) is 30.8 Å². The van der Waals surface area contributed by atoms with Crippen LogP contribution in [0.1, 0.15) is 27.2 Å². The monoisotopic (exact) mass is 355 g/mol. The number of amides is 1. The third-order valence-corrected chi connectivity index (χ3v) is 4.00. The minimum atomic E-state index is -0.299. The molecule has 21 heavy (non-hydrogen) atoms. The van der Waals surface area contributed by atoms with Gasteiger partial charge in [0.15, 0.2) is 5.65 Å². The highest BCUT2D eigenvalue weighted by Crippen LogP contribution is 2.16. The Kier molecular flexibility index (Phi) is 4.18. The van der Waals surface area contributed by atoms with Crippen molar-refractivity contribution in [3.05, 3.63) is 21.3 Å². The summed E-state index contributed by atoms with van der Waals surface area (Å²) in [6, 6.07) is 0. The topological polar surface area (TPSA) is 81.8 Å². The van der Waals surface area contributed by atoms with Crippen LogP contribution < -0.4 is 10.9 Å². The highest BCUT2D eigenvalue weighted by molar-refractivity contribution is 9.10. The lowest BCUT2D eigenvalue weighted by molar-refractivity contribution is -0.123. The molecule has 0 fully saturated rings. The minimum absolute atomic E-state index is 0.0630. The van der Waals surface area contributed by atoms with Gasteiger partial charge in [-0.25, -0.2) is 9.67 Å². The van der Waals surface area contributed by atoms with E-state index in [1.54, 1.807) is 7.05 Å². The van der Waals surface area contributed by atoms with Crippen molar-refractivity contribution in [1.82, 2.24) is 24.6 Å². The molecule has 2 aromatic heterocycles. The van der Waals surface area contributed by atoms with Gasteiger partial charge in [0.25, 0.3) is 5.56 Å². The first-order valence-electron chi connectivity index (χ1n) is 6.64. The second-order valence-corrected chi connectivity index (χ2v) is 6.33. The van der Waals surface area contributed by atoms with Gasteiger partial charge in [0.05, 0.1) is 0 Å². The first kappa shape index (κ1) is 15.7. The number of carbonyl (C=O) groups excluding carboxylic acids is 1. The normalized spacial score (nSPS) is 11.9. The molecule has 0 saturated heterocycles. The number of hydrogen-bond acceptors (Lipinski definition) is 4. The van der Waals surface area contributed by atoms with E-state index in [2.05, 4.69) is 31.3 Å². The molecule has 0 aliphatic carbocycles. The molecule has 0 radical (unpaired) electrons. The fourth-order valence-electron chi connectivity index (χ4n) is 1.91. The lowest BCUT2D eigenvalue weighted by Gasteiger charge is -2.24. The average molecular weight is 356 g/mol. The zero-order chi connectivity index (χ0) is 15.8. The van der Waals surface area contributed by atoms with Gasteiger partial charge < -0.3 is 5.32 Å². The predicted octanol–water partition coefficient (Wildman–Crippen LogP) is 1.20. The van der Waals surface area contributed by atoms with Gasteiger partial charge >= 0.3 is 0 Å². The lowest BCUT2D eigenvalue weighted by Crippen LogP contribution is -2.45. The Morgan fingerprint density at radius 2 is 2.14 bits per heavy atom. The molecule has 2 rings (SSSR count). The summed E-state index contributed by atoms with van der Waals surface area (Å²) in [6.45, 7) is 5.80. The fraction of sp³-hybridized carbons (Fsp3) is 0.538. The number of fused-ring (bicyclic) bond motifs is 1. The number of hydrogen-bond donors (Lipinski definition) is 1. The molecule has 0 spiro atoms. The van der Waals surface area contributed by atoms with E-state index < -0.39 is 0 Å². The van der Waals surface area contributed by atoms with E-state index in [0.717, 1.165) is 6.42 Å². The zero-order valence-corrected chi connectivity index (χ0v) is 14.1. The molecule has 1 N–H and O–H groups in total. The Morgan fingerprint density at radius 1 is 1.48 bits per heavy atom. The van der Waals surface area contributed by atoms with Crippen LogP contribution in [0.15, 0.2) is 15.7 Å². The maximum atomic E-state index is 12.4. The summed E-state index contributed by atoms with van der Waals surface area (Å²) >= 11 is 3.24. The number of rotatable bonds is 4. The standard InChI is InChI=1S/C13H18BrN5O2/c1-5-13(2,3)16-8(20)6-19-7-15-11-9(12(19)21)10(14)17-18(11)4/h7H,5-6H2,1-4H3,(H,16,20). The third kappa shape index (κ3) is 3.15. The Labute approximate surface area is 130 Å². The van der Waals surface area contributed by atoms with Crippen molar-refractivity contribution in [2.45, 2.75) is 39.3 Å². The largest absolute Gasteiger partial charge is 0.350 e. The van der Waals surface area contributed by atoms with Gasteiger partial charge in [-0.15, -0.1) is 0 Å². The number of aryl methyl sites for hydroxylation is 1. The SMILES string of the molecule is CCC(C)(C)NC(=O)Cn1cnc2c(c(Br)nn2C)c1=O. The van der Waals surface area contributed by atoms with Gasteiger partial charge in [0, 0.05) is 12.6 Å². The molecule has 114 valence electrons. The van der Waals surface area contributed by atoms with Crippen molar-refractivity contribution >= 4 is 32.9 Å². The van der Waals surface area contributed by atoms with Crippen LogP contribution in [0.2, 0.25) is 0 Å². The summed E-state index contributed by atoms with van der Waals surface area (Å²) in [4.78, 5) is 28.6. The highest BCUT2D eigenvalue weighted by Gasteiger charge is 2.19. The smallest absolute Gasteiger partial charge is 0.266 e. The first-order valence-corrected chi connectivity index (χ1v) is 7.43. The summed E-state index contributed by atoms with van der Waals surface area (Å²) in [7, 11) is 1.71. The third-order valence-electron chi connectivity index (χ3n) is 3.44. The summed E-state index contributed by atoms with van der Waals surface area (Å²) in [5, 5.41) is 7.37. The van der Waals surface area contributed by atoms with Gasteiger partial charge in [-0.3, -0.25) is 14.2 Å². The van der Waals surface area contributed by atoms with Crippen LogP contribution in [-0.2, 0) is 18.4 Å². The van der Waals surface area contributed by atoms with Crippen LogP contribution in [0.3, 0.4) is 0 Å². The molecule has 8 heteroatoms. The van der Waals surface area contributed by atoms with Crippen LogP contribution in [0.25, 0.3) is 11.0 Å². The molecule has 0 saturated carbocycles. The van der Waals surface area contributed by atoms with E-state index in [0.29, 0.717) is 15.6 Å². The zero-order valence-electron chi connectivity index (χ0n) is 12.5. The van der Waals surface area contributed by atoms with Crippen molar-refractivity contribution in [2.24, 2.45) is 7.05 Å². The van der Waals surface area contributed by atoms with E-state index in [1.807, 2.05) is 20.8 Å². The number of aromatic nitrogens is 4. The molecule has 2 aromatic rings. The molecule has 0 aliphatic rings. The van der Waals surface area contributed by atoms with Crippen LogP contribution >= 0.6 is 15.9 Å². The van der Waals surface area contributed by atoms with Gasteiger partial charge in [0.2, 0.25) is 5.91 Å². The molecule has 0 atom stereocenters. The second-order valence-electron chi connectivity index (χ2n) is 5.58. The van der Waals surface area contributed by atoms with Crippen LogP contribution in [0, 0.1) is 0 Å². The van der Waals surface area contributed by atoms with E-state index >= 15 is 0 Å². The maximum Gasteiger partial charge on any atom is 0.266 e. The van der Waals surface area contributed by atoms with Crippen molar-refractivity contribution in [1.29, 1.82) is 0 Å². The van der Waals surface area contributed by atoms with Gasteiger partial charge in [0.1, 0.15) is 22.9 Å². The van der Waals surface area contributed by atoms with Gasteiger partial charge in [-0.2, -0.15) is 5.10 Å². The van der Waals surface area contributed by atoms with Gasteiger partial charge in [-0.1, -0.05) is 6.92 Å². The second kappa shape index (κ2) is 5.59. The summed E-state index contributed by atoms with van der Waals surface area (Å²) < 4.78 is 3.24. The van der Waals surface area contributed by atoms with Crippen LogP contribution in [0.4, 0.5) is 0 Å². The lowest BCUT2D eigenvalue weighted by atomic mass is 10.0. The number of nitrogens with one attached hydrogen (secondary N) is 1. The van der Waals surface area contributed by atoms with E-state index in [9.17, 15) is 9.59 Å². The Hall–Kier alpha value is -1.70. The molecule has 0 aliphatic heterocycles. The molecule has 0 bridgehead atoms. The summed E-state index contributed by atoms with van der Waals surface area (Å²) in [6.07, 6.45) is 2.18. The first-order chi connectivity index (χ1) is 9.75. The molecule has 0 aromatic carbocycles. The summed E-state index contributed by atoms with van der Waals surface area (Å²) in [5.74, 6) is -0.217. The molecule has 2 heterocycles. The predicted molar refractivity (Wildman–Crippen MR) is 83.0 cm³/mol. The molecule has 7 nitrogen and oxygen atoms in total. The van der Waals surface area contributed by atoms with E-state index in [1.165, 1.54) is 15.6 Å². The van der Waals surface area contributed by atoms with Crippen molar-refractivity contribution < 1.29 is 4.79 Å². The Bertz CT molecular complexity index is 747. The molecular weight excluding hydrogens is 338 g/mol.